The van der Waals surface area contributed by atoms with E-state index in [9.17, 15) is 13.7 Å². The molecule has 3 aromatic heterocycles. The van der Waals surface area contributed by atoms with Gasteiger partial charge < -0.3 is 10.1 Å². The Hall–Kier alpha value is -2.59. The number of ether oxygens (including phenoxy) is 1. The fourth-order valence-electron chi connectivity index (χ4n) is 4.33. The Labute approximate surface area is 196 Å². The first kappa shape index (κ1) is 22.2. The molecule has 3 aromatic rings. The van der Waals surface area contributed by atoms with Crippen molar-refractivity contribution in [3.05, 3.63) is 23.8 Å². The first-order valence-electron chi connectivity index (χ1n) is 10.9. The highest BCUT2D eigenvalue weighted by atomic mass is 32.2. The predicted molar refractivity (Wildman–Crippen MR) is 125 cm³/mol. The highest BCUT2D eigenvalue weighted by Crippen LogP contribution is 2.37. The van der Waals surface area contributed by atoms with Crippen molar-refractivity contribution in [2.24, 2.45) is 0 Å². The number of fused-ring (bicyclic) bond motifs is 1. The highest BCUT2D eigenvalue weighted by molar-refractivity contribution is 7.89. The molecule has 0 radical (unpaired) electrons. The molecular weight excluding hydrogens is 462 g/mol. The van der Waals surface area contributed by atoms with Crippen LogP contribution in [0.3, 0.4) is 0 Å². The molecule has 10 nitrogen and oxygen atoms in total. The number of nitrogens with one attached hydrogen (secondary N) is 1. The SMILES string of the molecule is CCS(=O)(=O)N1CC(CC#N)(n2cc(-c3nc(NC4CCOCC4)nc4ccsc34)cn2)C1. The fraction of sp³-hybridized carbons (Fsp3) is 0.524. The van der Waals surface area contributed by atoms with Crippen LogP contribution in [0.15, 0.2) is 23.8 Å². The number of hydrogen-bond donors (Lipinski definition) is 1. The third-order valence-corrected chi connectivity index (χ3v) is 8.99. The van der Waals surface area contributed by atoms with Crippen molar-refractivity contribution in [1.29, 1.82) is 5.26 Å². The Balaban J connectivity index is 1.46. The zero-order valence-corrected chi connectivity index (χ0v) is 19.9. The van der Waals surface area contributed by atoms with Crippen LogP contribution in [-0.2, 0) is 20.3 Å². The molecule has 0 aromatic carbocycles. The summed E-state index contributed by atoms with van der Waals surface area (Å²) in [6, 6.07) is 4.44. The van der Waals surface area contributed by atoms with Crippen LogP contribution >= 0.6 is 11.3 Å². The lowest BCUT2D eigenvalue weighted by molar-refractivity contribution is 0.0719. The van der Waals surface area contributed by atoms with Crippen LogP contribution in [0, 0.1) is 11.3 Å². The van der Waals surface area contributed by atoms with E-state index >= 15 is 0 Å². The Morgan fingerprint density at radius 3 is 2.85 bits per heavy atom. The van der Waals surface area contributed by atoms with Crippen molar-refractivity contribution < 1.29 is 13.2 Å². The summed E-state index contributed by atoms with van der Waals surface area (Å²) >= 11 is 1.57. The van der Waals surface area contributed by atoms with Crippen LogP contribution in [0.2, 0.25) is 0 Å². The average molecular weight is 488 g/mol. The fourth-order valence-corrected chi connectivity index (χ4v) is 6.41. The van der Waals surface area contributed by atoms with E-state index in [4.69, 9.17) is 9.72 Å². The minimum atomic E-state index is -3.30. The van der Waals surface area contributed by atoms with Gasteiger partial charge in [0, 0.05) is 44.1 Å². The van der Waals surface area contributed by atoms with Gasteiger partial charge in [-0.1, -0.05) is 0 Å². The largest absolute Gasteiger partial charge is 0.381 e. The lowest BCUT2D eigenvalue weighted by Crippen LogP contribution is -2.64. The molecule has 0 amide bonds. The van der Waals surface area contributed by atoms with Gasteiger partial charge in [-0.25, -0.2) is 18.4 Å². The summed E-state index contributed by atoms with van der Waals surface area (Å²) in [6.45, 7) is 3.56. The first-order chi connectivity index (χ1) is 15.9. The lowest BCUT2D eigenvalue weighted by atomic mass is 9.89. The third-order valence-electron chi connectivity index (χ3n) is 6.31. The number of nitriles is 1. The maximum Gasteiger partial charge on any atom is 0.224 e. The van der Waals surface area contributed by atoms with Gasteiger partial charge in [0.05, 0.1) is 40.4 Å². The lowest BCUT2D eigenvalue weighted by Gasteiger charge is -2.47. The van der Waals surface area contributed by atoms with Crippen molar-refractivity contribution in [3.8, 4) is 17.3 Å². The normalized spacial score (nSPS) is 19.3. The molecule has 5 heterocycles. The van der Waals surface area contributed by atoms with Crippen LogP contribution in [-0.4, -0.2) is 70.6 Å². The molecule has 0 bridgehead atoms. The molecule has 0 unspecified atom stereocenters. The van der Waals surface area contributed by atoms with Crippen molar-refractivity contribution in [3.63, 3.8) is 0 Å². The zero-order valence-electron chi connectivity index (χ0n) is 18.3. The Bertz CT molecular complexity index is 1300. The summed E-state index contributed by atoms with van der Waals surface area (Å²) in [6.07, 6.45) is 5.60. The topological polar surface area (TPSA) is 126 Å². The second kappa shape index (κ2) is 8.64. The van der Waals surface area contributed by atoms with E-state index in [-0.39, 0.29) is 31.3 Å². The molecule has 5 rings (SSSR count). The molecule has 2 saturated heterocycles. The maximum absolute atomic E-state index is 12.2. The number of hydrogen-bond acceptors (Lipinski definition) is 9. The summed E-state index contributed by atoms with van der Waals surface area (Å²) in [5.41, 5.74) is 1.79. The van der Waals surface area contributed by atoms with Crippen molar-refractivity contribution in [2.75, 3.05) is 37.4 Å². The molecule has 2 aliphatic rings. The summed E-state index contributed by atoms with van der Waals surface area (Å²) in [5.74, 6) is 0.617. The van der Waals surface area contributed by atoms with Crippen LogP contribution in [0.25, 0.3) is 21.5 Å². The molecule has 174 valence electrons. The van der Waals surface area contributed by atoms with E-state index in [1.165, 1.54) is 4.31 Å². The number of aromatic nitrogens is 4. The quantitative estimate of drug-likeness (QED) is 0.538. The highest BCUT2D eigenvalue weighted by Gasteiger charge is 2.49. The number of sulfonamides is 1. The molecule has 12 heteroatoms. The van der Waals surface area contributed by atoms with Crippen molar-refractivity contribution in [1.82, 2.24) is 24.1 Å². The van der Waals surface area contributed by atoms with E-state index in [1.807, 2.05) is 17.6 Å². The van der Waals surface area contributed by atoms with Gasteiger partial charge in [-0.15, -0.1) is 11.3 Å². The minimum absolute atomic E-state index is 0.0418. The van der Waals surface area contributed by atoms with Gasteiger partial charge in [-0.2, -0.15) is 14.7 Å². The van der Waals surface area contributed by atoms with Gasteiger partial charge in [-0.05, 0) is 31.2 Å². The van der Waals surface area contributed by atoms with Crippen LogP contribution in [0.4, 0.5) is 5.95 Å². The molecule has 1 N–H and O–H groups in total. The van der Waals surface area contributed by atoms with Gasteiger partial charge in [-0.3, -0.25) is 4.68 Å². The smallest absolute Gasteiger partial charge is 0.224 e. The van der Waals surface area contributed by atoms with E-state index < -0.39 is 15.6 Å². The summed E-state index contributed by atoms with van der Waals surface area (Å²) < 4.78 is 34.0. The monoisotopic (exact) mass is 487 g/mol. The van der Waals surface area contributed by atoms with E-state index in [1.54, 1.807) is 29.1 Å². The summed E-state index contributed by atoms with van der Waals surface area (Å²) in [4.78, 5) is 9.49. The second-order valence-electron chi connectivity index (χ2n) is 8.46. The number of thiophene rings is 1. The third kappa shape index (κ3) is 4.10. The van der Waals surface area contributed by atoms with E-state index in [0.29, 0.717) is 5.95 Å². The van der Waals surface area contributed by atoms with Crippen LogP contribution < -0.4 is 5.32 Å². The van der Waals surface area contributed by atoms with Crippen molar-refractivity contribution >= 4 is 37.5 Å². The van der Waals surface area contributed by atoms with Gasteiger partial charge in [0.15, 0.2) is 0 Å². The molecule has 0 saturated carbocycles. The standard InChI is InChI=1S/C21H25N7O3S2/c1-2-33(29,30)27-13-21(14-27,6-7-22)28-12-15(11-23-28)18-19-17(5-10-32-19)25-20(26-18)24-16-3-8-31-9-4-16/h5,10-12,16H,2-4,6,8-9,13-14H2,1H3,(H,24,25,26). The maximum atomic E-state index is 12.2. The molecular formula is C21H25N7O3S2. The van der Waals surface area contributed by atoms with Crippen LogP contribution in [0.5, 0.6) is 0 Å². The van der Waals surface area contributed by atoms with Gasteiger partial charge in [0.25, 0.3) is 0 Å². The first-order valence-corrected chi connectivity index (χ1v) is 13.4. The molecule has 33 heavy (non-hydrogen) atoms. The molecule has 0 atom stereocenters. The predicted octanol–water partition coefficient (Wildman–Crippen LogP) is 2.42. The second-order valence-corrected chi connectivity index (χ2v) is 11.6. The molecule has 2 aliphatic heterocycles. The summed E-state index contributed by atoms with van der Waals surface area (Å²) in [5, 5.41) is 19.4. The van der Waals surface area contributed by atoms with Gasteiger partial charge in [0.2, 0.25) is 16.0 Å². The van der Waals surface area contributed by atoms with E-state index in [2.05, 4.69) is 21.5 Å². The van der Waals surface area contributed by atoms with E-state index in [0.717, 1.165) is 47.5 Å². The Kier molecular flexibility index (Phi) is 5.82. The minimum Gasteiger partial charge on any atom is -0.381 e. The molecule has 0 spiro atoms. The molecule has 0 aliphatic carbocycles. The van der Waals surface area contributed by atoms with Crippen molar-refractivity contribution in [2.45, 2.75) is 37.8 Å². The summed E-state index contributed by atoms with van der Waals surface area (Å²) in [7, 11) is -3.30. The molecule has 2 fully saturated rings. The zero-order chi connectivity index (χ0) is 23.1. The van der Waals surface area contributed by atoms with Gasteiger partial charge >= 0.3 is 0 Å². The Morgan fingerprint density at radius 1 is 1.33 bits per heavy atom. The Morgan fingerprint density at radius 2 is 2.12 bits per heavy atom. The number of rotatable bonds is 7. The number of anilines is 1. The number of nitrogens with zero attached hydrogens (tertiary/aromatic N) is 6. The van der Waals surface area contributed by atoms with Crippen LogP contribution in [0.1, 0.15) is 26.2 Å². The average Bonchev–Trinajstić information content (AvgIpc) is 3.46. The van der Waals surface area contributed by atoms with Gasteiger partial charge in [0.1, 0.15) is 5.54 Å².